The molecule has 0 amide bonds. The molecule has 0 spiro atoms. The molecule has 3 N–H and O–H groups in total. The van der Waals surface area contributed by atoms with Crippen LogP contribution >= 0.6 is 0 Å². The molecule has 3 aromatic rings. The smallest absolute Gasteiger partial charge is 0.179 e. The Hall–Kier alpha value is -1.95. The first-order valence-corrected chi connectivity index (χ1v) is 7.75. The first-order chi connectivity index (χ1) is 10.3. The summed E-state index contributed by atoms with van der Waals surface area (Å²) in [7, 11) is 0. The van der Waals surface area contributed by atoms with Crippen molar-refractivity contribution in [2.24, 2.45) is 5.73 Å². The number of fused-ring (bicyclic) bond motifs is 3. The minimum atomic E-state index is 0.287. The van der Waals surface area contributed by atoms with Gasteiger partial charge >= 0.3 is 0 Å². The summed E-state index contributed by atoms with van der Waals surface area (Å²) < 4.78 is 2.11. The molecule has 21 heavy (non-hydrogen) atoms. The monoisotopic (exact) mass is 286 g/mol. The lowest BCUT2D eigenvalue weighted by Crippen LogP contribution is -2.27. The molecular weight excluding hydrogens is 264 g/mol. The van der Waals surface area contributed by atoms with Crippen molar-refractivity contribution in [3.63, 3.8) is 0 Å². The maximum atomic E-state index is 6.09. The highest BCUT2D eigenvalue weighted by molar-refractivity contribution is 5.74. The predicted molar refractivity (Wildman–Crippen MR) is 83.2 cm³/mol. The molecule has 1 aliphatic rings. The average Bonchev–Trinajstić information content (AvgIpc) is 3.15. The van der Waals surface area contributed by atoms with Crippen LogP contribution in [-0.4, -0.2) is 30.6 Å². The summed E-state index contributed by atoms with van der Waals surface area (Å²) in [6, 6.07) is 2.31. The number of aromatic amines is 1. The van der Waals surface area contributed by atoms with Crippen molar-refractivity contribution >= 4 is 16.8 Å². The molecule has 0 bridgehead atoms. The zero-order chi connectivity index (χ0) is 14.8. The fraction of sp³-hybridized carbons (Fsp3) is 0.533. The first-order valence-electron chi connectivity index (χ1n) is 7.75. The molecule has 112 valence electrons. The van der Waals surface area contributed by atoms with E-state index in [1.807, 2.05) is 26.1 Å². The second-order valence-corrected chi connectivity index (χ2v) is 5.35. The van der Waals surface area contributed by atoms with Crippen LogP contribution in [0.15, 0.2) is 18.5 Å². The van der Waals surface area contributed by atoms with E-state index in [-0.39, 0.29) is 6.04 Å². The van der Waals surface area contributed by atoms with Crippen molar-refractivity contribution in [2.45, 2.75) is 51.5 Å². The third-order valence-corrected chi connectivity index (χ3v) is 4.05. The summed E-state index contributed by atoms with van der Waals surface area (Å²) in [6.07, 6.45) is 8.08. The van der Waals surface area contributed by atoms with Crippen LogP contribution in [0.5, 0.6) is 0 Å². The highest BCUT2D eigenvalue weighted by atomic mass is 15.3. The van der Waals surface area contributed by atoms with Crippen molar-refractivity contribution in [2.75, 3.05) is 0 Å². The van der Waals surface area contributed by atoms with Gasteiger partial charge in [0.05, 0.1) is 11.7 Å². The number of nitrogens with zero attached hydrogens (tertiary/aromatic N) is 4. The second-order valence-electron chi connectivity index (χ2n) is 5.35. The Morgan fingerprint density at radius 1 is 1.29 bits per heavy atom. The van der Waals surface area contributed by atoms with E-state index >= 15 is 0 Å². The van der Waals surface area contributed by atoms with Crippen LogP contribution in [0.25, 0.3) is 16.8 Å². The van der Waals surface area contributed by atoms with Gasteiger partial charge in [-0.05, 0) is 25.3 Å². The van der Waals surface area contributed by atoms with Gasteiger partial charge in [-0.2, -0.15) is 0 Å². The molecular formula is C15H22N6. The van der Waals surface area contributed by atoms with Gasteiger partial charge in [-0.15, -0.1) is 10.2 Å². The number of aromatic nitrogens is 5. The summed E-state index contributed by atoms with van der Waals surface area (Å²) in [6.45, 7) is 4.00. The third kappa shape index (κ3) is 2.40. The number of rotatable bonds is 1. The molecule has 1 saturated carbocycles. The molecule has 1 aliphatic carbocycles. The molecule has 0 aromatic carbocycles. The minimum Gasteiger partial charge on any atom is -0.345 e. The van der Waals surface area contributed by atoms with Crippen LogP contribution in [0.3, 0.4) is 0 Å². The molecule has 3 heterocycles. The standard InChI is InChI=1S/C13H16N6.C2H6/c14-9-3-1-2-8(6-9)13-18-17-11-7-16-12-10(19(11)13)4-5-15-12;1-2/h4-5,7-9,15H,1-3,6,14H2;1-2H3. The van der Waals surface area contributed by atoms with Crippen LogP contribution in [0, 0.1) is 0 Å². The summed E-state index contributed by atoms with van der Waals surface area (Å²) in [5, 5.41) is 8.63. The number of hydrogen-bond acceptors (Lipinski definition) is 4. The van der Waals surface area contributed by atoms with Gasteiger partial charge in [0, 0.05) is 18.2 Å². The third-order valence-electron chi connectivity index (χ3n) is 4.05. The molecule has 1 fully saturated rings. The van der Waals surface area contributed by atoms with Crippen molar-refractivity contribution < 1.29 is 0 Å². The molecule has 4 rings (SSSR count). The van der Waals surface area contributed by atoms with Crippen LogP contribution in [-0.2, 0) is 0 Å². The van der Waals surface area contributed by atoms with Gasteiger partial charge in [0.1, 0.15) is 5.82 Å². The van der Waals surface area contributed by atoms with Crippen LogP contribution in [0.1, 0.15) is 51.3 Å². The summed E-state index contributed by atoms with van der Waals surface area (Å²) in [4.78, 5) is 7.47. The summed E-state index contributed by atoms with van der Waals surface area (Å²) in [5.41, 5.74) is 8.81. The number of hydrogen-bond donors (Lipinski definition) is 2. The highest BCUT2D eigenvalue weighted by Gasteiger charge is 2.25. The van der Waals surface area contributed by atoms with Gasteiger partial charge < -0.3 is 10.7 Å². The molecule has 2 atom stereocenters. The molecule has 2 unspecified atom stereocenters. The second kappa shape index (κ2) is 5.81. The summed E-state index contributed by atoms with van der Waals surface area (Å²) in [5.74, 6) is 1.43. The molecule has 6 nitrogen and oxygen atoms in total. The molecule has 0 radical (unpaired) electrons. The zero-order valence-electron chi connectivity index (χ0n) is 12.6. The zero-order valence-corrected chi connectivity index (χ0v) is 12.6. The SMILES string of the molecule is CC.NC1CCCC(c2nnc3cnc4[nH]ccc4n23)C1. The van der Waals surface area contributed by atoms with Crippen molar-refractivity contribution in [1.82, 2.24) is 24.6 Å². The average molecular weight is 286 g/mol. The van der Waals surface area contributed by atoms with E-state index in [0.29, 0.717) is 5.92 Å². The van der Waals surface area contributed by atoms with E-state index in [2.05, 4.69) is 24.6 Å². The number of nitrogens with one attached hydrogen (secondary N) is 1. The largest absolute Gasteiger partial charge is 0.345 e. The fourth-order valence-corrected chi connectivity index (χ4v) is 3.12. The Morgan fingerprint density at radius 2 is 2.14 bits per heavy atom. The quantitative estimate of drug-likeness (QED) is 0.720. The lowest BCUT2D eigenvalue weighted by molar-refractivity contribution is 0.381. The maximum absolute atomic E-state index is 6.09. The van der Waals surface area contributed by atoms with E-state index in [0.717, 1.165) is 41.9 Å². The molecule has 0 aliphatic heterocycles. The topological polar surface area (TPSA) is 84.9 Å². The van der Waals surface area contributed by atoms with E-state index in [9.17, 15) is 0 Å². The molecule has 0 saturated heterocycles. The fourth-order valence-electron chi connectivity index (χ4n) is 3.12. The van der Waals surface area contributed by atoms with Gasteiger partial charge in [-0.1, -0.05) is 20.3 Å². The predicted octanol–water partition coefficient (Wildman–Crippen LogP) is 2.62. The maximum Gasteiger partial charge on any atom is 0.179 e. The first kappa shape index (κ1) is 14.0. The van der Waals surface area contributed by atoms with Crippen LogP contribution < -0.4 is 5.73 Å². The van der Waals surface area contributed by atoms with Gasteiger partial charge in [-0.25, -0.2) is 4.98 Å². The molecule has 3 aromatic heterocycles. The van der Waals surface area contributed by atoms with Crippen molar-refractivity contribution in [3.8, 4) is 0 Å². The van der Waals surface area contributed by atoms with Crippen molar-refractivity contribution in [3.05, 3.63) is 24.3 Å². The molecule has 6 heteroatoms. The minimum absolute atomic E-state index is 0.287. The van der Waals surface area contributed by atoms with Gasteiger partial charge in [0.2, 0.25) is 0 Å². The van der Waals surface area contributed by atoms with E-state index < -0.39 is 0 Å². The number of H-pyrrole nitrogens is 1. The summed E-state index contributed by atoms with van der Waals surface area (Å²) >= 11 is 0. The van der Waals surface area contributed by atoms with Crippen LogP contribution in [0.4, 0.5) is 0 Å². The number of nitrogens with two attached hydrogens (primary N) is 1. The van der Waals surface area contributed by atoms with Crippen LogP contribution in [0.2, 0.25) is 0 Å². The normalized spacial score (nSPS) is 22.2. The lowest BCUT2D eigenvalue weighted by atomic mass is 9.85. The Kier molecular flexibility index (Phi) is 3.88. The van der Waals surface area contributed by atoms with Gasteiger partial charge in [0.15, 0.2) is 11.3 Å². The van der Waals surface area contributed by atoms with E-state index in [1.165, 1.54) is 6.42 Å². The Bertz CT molecular complexity index is 728. The van der Waals surface area contributed by atoms with Gasteiger partial charge in [-0.3, -0.25) is 4.40 Å². The van der Waals surface area contributed by atoms with E-state index in [4.69, 9.17) is 5.73 Å². The Labute approximate surface area is 123 Å². The van der Waals surface area contributed by atoms with Crippen molar-refractivity contribution in [1.29, 1.82) is 0 Å². The highest BCUT2D eigenvalue weighted by Crippen LogP contribution is 2.32. The Balaban J connectivity index is 0.000000636. The van der Waals surface area contributed by atoms with E-state index in [1.54, 1.807) is 6.20 Å². The Morgan fingerprint density at radius 3 is 2.95 bits per heavy atom. The lowest BCUT2D eigenvalue weighted by Gasteiger charge is -2.25. The van der Waals surface area contributed by atoms with Gasteiger partial charge in [0.25, 0.3) is 0 Å².